The number of anilines is 1. The van der Waals surface area contributed by atoms with Crippen LogP contribution in [0.3, 0.4) is 0 Å². The molecule has 0 aliphatic carbocycles. The van der Waals surface area contributed by atoms with Crippen molar-refractivity contribution in [3.8, 4) is 5.75 Å². The molecule has 22 heavy (non-hydrogen) atoms. The smallest absolute Gasteiger partial charge is 0.248 e. The summed E-state index contributed by atoms with van der Waals surface area (Å²) in [5.41, 5.74) is 1.56. The van der Waals surface area contributed by atoms with E-state index in [1.807, 2.05) is 0 Å². The van der Waals surface area contributed by atoms with E-state index in [0.29, 0.717) is 22.0 Å². The van der Waals surface area contributed by atoms with Crippen LogP contribution in [0.4, 0.5) is 10.1 Å². The van der Waals surface area contributed by atoms with Gasteiger partial charge in [0.05, 0.1) is 11.4 Å². The number of phenolic OH excluding ortho intramolecular Hbond substituents is 1. The van der Waals surface area contributed by atoms with Gasteiger partial charge in [-0.2, -0.15) is 0 Å². The molecule has 0 spiro atoms. The maximum absolute atomic E-state index is 14.2. The topological polar surface area (TPSA) is 52.9 Å². The number of amides is 1. The van der Waals surface area contributed by atoms with Gasteiger partial charge in [0.15, 0.2) is 0 Å². The van der Waals surface area contributed by atoms with Crippen molar-refractivity contribution in [3.63, 3.8) is 0 Å². The van der Waals surface area contributed by atoms with Crippen molar-refractivity contribution >= 4 is 28.9 Å². The third-order valence-corrected chi connectivity index (χ3v) is 3.76. The second kappa shape index (κ2) is 5.42. The lowest BCUT2D eigenvalue weighted by Crippen LogP contribution is -2.27. The molecule has 0 aromatic heterocycles. The van der Waals surface area contributed by atoms with E-state index in [-0.39, 0.29) is 23.8 Å². The summed E-state index contributed by atoms with van der Waals surface area (Å²) in [5, 5.41) is 10.1. The number of benzene rings is 2. The maximum atomic E-state index is 14.2. The van der Waals surface area contributed by atoms with E-state index < -0.39 is 5.82 Å². The van der Waals surface area contributed by atoms with Gasteiger partial charge in [-0.1, -0.05) is 11.6 Å². The quantitative estimate of drug-likeness (QED) is 0.878. The molecule has 2 aromatic rings. The number of rotatable bonds is 1. The van der Waals surface area contributed by atoms with Crippen LogP contribution < -0.4 is 4.90 Å². The highest BCUT2D eigenvalue weighted by molar-refractivity contribution is 6.32. The van der Waals surface area contributed by atoms with E-state index in [0.717, 1.165) is 6.07 Å². The van der Waals surface area contributed by atoms with Gasteiger partial charge in [0.2, 0.25) is 5.91 Å². The van der Waals surface area contributed by atoms with Gasteiger partial charge in [-0.25, -0.2) is 4.39 Å². The van der Waals surface area contributed by atoms with E-state index in [2.05, 4.69) is 4.99 Å². The number of fused-ring (bicyclic) bond motifs is 1. The molecule has 0 fully saturated rings. The predicted molar refractivity (Wildman–Crippen MR) is 83.4 cm³/mol. The number of hydrogen-bond acceptors (Lipinski definition) is 3. The second-order valence-electron chi connectivity index (χ2n) is 4.94. The molecule has 1 aliphatic rings. The number of likely N-dealkylation sites (N-methyl/N-ethyl adjacent to an activating group) is 1. The Balaban J connectivity index is 2.27. The lowest BCUT2D eigenvalue weighted by Gasteiger charge is -2.18. The number of halogens is 2. The first-order chi connectivity index (χ1) is 10.5. The van der Waals surface area contributed by atoms with Crippen molar-refractivity contribution in [2.24, 2.45) is 4.99 Å². The Morgan fingerprint density at radius 3 is 2.77 bits per heavy atom. The van der Waals surface area contributed by atoms with Gasteiger partial charge < -0.3 is 10.0 Å². The maximum Gasteiger partial charge on any atom is 0.248 e. The summed E-state index contributed by atoms with van der Waals surface area (Å²) < 4.78 is 14.2. The zero-order chi connectivity index (χ0) is 15.9. The molecule has 1 heterocycles. The van der Waals surface area contributed by atoms with Gasteiger partial charge in [-0.3, -0.25) is 9.79 Å². The molecule has 1 amide bonds. The lowest BCUT2D eigenvalue weighted by molar-refractivity contribution is -0.116. The summed E-state index contributed by atoms with van der Waals surface area (Å²) in [4.78, 5) is 17.7. The van der Waals surface area contributed by atoms with E-state index in [1.165, 1.54) is 17.0 Å². The number of benzodiazepines with no additional fused rings is 1. The van der Waals surface area contributed by atoms with Gasteiger partial charge in [0, 0.05) is 23.2 Å². The Morgan fingerprint density at radius 1 is 1.23 bits per heavy atom. The van der Waals surface area contributed by atoms with Gasteiger partial charge in [-0.05, 0) is 36.4 Å². The van der Waals surface area contributed by atoms with Crippen LogP contribution in [0.1, 0.15) is 11.1 Å². The van der Waals surface area contributed by atoms with Crippen molar-refractivity contribution in [1.82, 2.24) is 0 Å². The summed E-state index contributed by atoms with van der Waals surface area (Å²) in [7, 11) is 1.63. The van der Waals surface area contributed by atoms with Crippen LogP contribution in [0.5, 0.6) is 5.75 Å². The minimum atomic E-state index is -0.528. The molecule has 2 aromatic carbocycles. The van der Waals surface area contributed by atoms with Gasteiger partial charge in [0.25, 0.3) is 0 Å². The molecule has 0 atom stereocenters. The van der Waals surface area contributed by atoms with Crippen LogP contribution in [0.2, 0.25) is 5.02 Å². The molecule has 0 saturated carbocycles. The highest BCUT2D eigenvalue weighted by Gasteiger charge is 2.24. The fourth-order valence-electron chi connectivity index (χ4n) is 2.39. The van der Waals surface area contributed by atoms with Crippen molar-refractivity contribution in [2.45, 2.75) is 0 Å². The van der Waals surface area contributed by atoms with Gasteiger partial charge in [-0.15, -0.1) is 0 Å². The normalized spacial score (nSPS) is 14.4. The first-order valence-corrected chi connectivity index (χ1v) is 6.95. The molecule has 4 nitrogen and oxygen atoms in total. The minimum absolute atomic E-state index is 0.0772. The number of aliphatic imine (C=N–C) groups is 1. The fraction of sp³-hybridized carbons (Fsp3) is 0.125. The summed E-state index contributed by atoms with van der Waals surface area (Å²) in [6.45, 7) is -0.104. The summed E-state index contributed by atoms with van der Waals surface area (Å²) in [6, 6.07) is 8.69. The fourth-order valence-corrected chi connectivity index (χ4v) is 2.56. The Kier molecular flexibility index (Phi) is 3.58. The largest absolute Gasteiger partial charge is 0.508 e. The number of carbonyl (C=O) groups is 1. The van der Waals surface area contributed by atoms with E-state index in [1.54, 1.807) is 25.2 Å². The molecule has 0 saturated heterocycles. The van der Waals surface area contributed by atoms with Crippen LogP contribution >= 0.6 is 11.6 Å². The van der Waals surface area contributed by atoms with E-state index in [9.17, 15) is 14.3 Å². The highest BCUT2D eigenvalue weighted by atomic mass is 35.5. The molecule has 3 rings (SSSR count). The summed E-state index contributed by atoms with van der Waals surface area (Å²) >= 11 is 6.04. The Bertz CT molecular complexity index is 805. The zero-order valence-electron chi connectivity index (χ0n) is 11.7. The Morgan fingerprint density at radius 2 is 2.00 bits per heavy atom. The number of nitrogens with zero attached hydrogens (tertiary/aromatic N) is 2. The van der Waals surface area contributed by atoms with Crippen LogP contribution in [-0.2, 0) is 4.79 Å². The van der Waals surface area contributed by atoms with Crippen LogP contribution in [0.15, 0.2) is 41.4 Å². The van der Waals surface area contributed by atoms with Crippen LogP contribution in [0.25, 0.3) is 0 Å². The molecule has 1 N–H and O–H groups in total. The average Bonchev–Trinajstić information content (AvgIpc) is 2.60. The first-order valence-electron chi connectivity index (χ1n) is 6.57. The molecular formula is C16H12ClFN2O2. The van der Waals surface area contributed by atoms with E-state index in [4.69, 9.17) is 11.6 Å². The zero-order valence-corrected chi connectivity index (χ0v) is 12.4. The third kappa shape index (κ3) is 2.44. The third-order valence-electron chi connectivity index (χ3n) is 3.53. The minimum Gasteiger partial charge on any atom is -0.508 e. The van der Waals surface area contributed by atoms with Crippen molar-refractivity contribution in [2.75, 3.05) is 18.5 Å². The molecule has 0 unspecified atom stereocenters. The van der Waals surface area contributed by atoms with Gasteiger partial charge in [0.1, 0.15) is 18.1 Å². The summed E-state index contributed by atoms with van der Waals surface area (Å²) in [5.74, 6) is -0.815. The first kappa shape index (κ1) is 14.5. The molecule has 1 aliphatic heterocycles. The van der Waals surface area contributed by atoms with Crippen LogP contribution in [0, 0.1) is 5.82 Å². The molecule has 6 heteroatoms. The van der Waals surface area contributed by atoms with Gasteiger partial charge >= 0.3 is 0 Å². The monoisotopic (exact) mass is 318 g/mol. The van der Waals surface area contributed by atoms with E-state index >= 15 is 0 Å². The second-order valence-corrected chi connectivity index (χ2v) is 5.38. The number of phenols is 1. The van der Waals surface area contributed by atoms with Crippen molar-refractivity contribution in [1.29, 1.82) is 0 Å². The number of hydrogen-bond donors (Lipinski definition) is 1. The van der Waals surface area contributed by atoms with Crippen LogP contribution in [-0.4, -0.2) is 30.3 Å². The highest BCUT2D eigenvalue weighted by Crippen LogP contribution is 2.30. The number of carbonyl (C=O) groups excluding carboxylic acids is 1. The summed E-state index contributed by atoms with van der Waals surface area (Å²) in [6.07, 6.45) is 0. The molecule has 112 valence electrons. The molecular weight excluding hydrogens is 307 g/mol. The standard InChI is InChI=1S/C16H12ClFN2O2/c1-20-14-5-2-9(17)6-12(14)16(19-8-15(20)22)11-7-10(21)3-4-13(11)18/h2-7,21H,8H2,1H3. The Labute approximate surface area is 131 Å². The molecule has 0 bridgehead atoms. The number of aromatic hydroxyl groups is 1. The Hall–Kier alpha value is -2.40. The average molecular weight is 319 g/mol. The predicted octanol–water partition coefficient (Wildman–Crippen LogP) is 3.00. The SMILES string of the molecule is CN1C(=O)CN=C(c2cc(O)ccc2F)c2cc(Cl)ccc21. The molecule has 0 radical (unpaired) electrons. The van der Waals surface area contributed by atoms with Crippen molar-refractivity contribution in [3.05, 3.63) is 58.4 Å². The van der Waals surface area contributed by atoms with Crippen molar-refractivity contribution < 1.29 is 14.3 Å². The lowest BCUT2D eigenvalue weighted by atomic mass is 9.99.